The molecule has 0 heterocycles. The van der Waals surface area contributed by atoms with Crippen LogP contribution in [0.4, 0.5) is 8.78 Å². The third kappa shape index (κ3) is 3.34. The summed E-state index contributed by atoms with van der Waals surface area (Å²) < 4.78 is 24.4. The van der Waals surface area contributed by atoms with Crippen LogP contribution in [0, 0.1) is 0 Å². The smallest absolute Gasteiger partial charge is 0.251 e. The second-order valence-corrected chi connectivity index (χ2v) is 3.28. The quantitative estimate of drug-likeness (QED) is 0.696. The van der Waals surface area contributed by atoms with Crippen molar-refractivity contribution in [2.45, 2.75) is 44.7 Å². The van der Waals surface area contributed by atoms with Gasteiger partial charge in [0, 0.05) is 24.9 Å². The van der Waals surface area contributed by atoms with E-state index in [1.54, 1.807) is 0 Å². The van der Waals surface area contributed by atoms with Gasteiger partial charge in [-0.25, -0.2) is 8.78 Å². The van der Waals surface area contributed by atoms with Crippen molar-refractivity contribution in [2.75, 3.05) is 0 Å². The Balaban J connectivity index is 0.000001000. The average Bonchev–Trinajstić information content (AvgIpc) is 1.57. The van der Waals surface area contributed by atoms with Crippen LogP contribution in [0.3, 0.4) is 0 Å². The van der Waals surface area contributed by atoms with Crippen molar-refractivity contribution in [1.29, 1.82) is 0 Å². The second kappa shape index (κ2) is 3.68. The monoisotopic (exact) mass is 185 g/mol. The van der Waals surface area contributed by atoms with Crippen LogP contribution in [0.1, 0.15) is 26.7 Å². The van der Waals surface area contributed by atoms with Gasteiger partial charge in [0.2, 0.25) is 0 Å². The lowest BCUT2D eigenvalue weighted by atomic mass is 9.88. The second-order valence-electron chi connectivity index (χ2n) is 3.28. The molecule has 1 fully saturated rings. The lowest BCUT2D eigenvalue weighted by Gasteiger charge is -2.36. The maximum Gasteiger partial charge on any atom is 0.251 e. The Labute approximate surface area is 72.0 Å². The maximum atomic E-state index is 12.2. The fourth-order valence-electron chi connectivity index (χ4n) is 1.25. The standard InChI is InChI=1S/C7H13F2N.ClH/c1-5(2)10-6-3-7(8,9)4-6;/h5-6,10H,3-4H2,1-2H3;1H. The predicted molar refractivity (Wildman–Crippen MR) is 43.5 cm³/mol. The summed E-state index contributed by atoms with van der Waals surface area (Å²) in [5.74, 6) is -2.38. The van der Waals surface area contributed by atoms with Gasteiger partial charge in [-0.2, -0.15) is 0 Å². The van der Waals surface area contributed by atoms with Crippen molar-refractivity contribution >= 4 is 12.4 Å². The number of hydrogen-bond acceptors (Lipinski definition) is 1. The van der Waals surface area contributed by atoms with E-state index in [2.05, 4.69) is 5.32 Å². The van der Waals surface area contributed by atoms with Crippen molar-refractivity contribution in [3.05, 3.63) is 0 Å². The van der Waals surface area contributed by atoms with Gasteiger partial charge in [0.05, 0.1) is 0 Å². The molecule has 1 nitrogen and oxygen atoms in total. The van der Waals surface area contributed by atoms with Gasteiger partial charge in [0.1, 0.15) is 0 Å². The van der Waals surface area contributed by atoms with Crippen LogP contribution in [0.2, 0.25) is 0 Å². The molecule has 0 spiro atoms. The number of hydrogen-bond donors (Lipinski definition) is 1. The highest BCUT2D eigenvalue weighted by atomic mass is 35.5. The number of halogens is 3. The molecular weight excluding hydrogens is 172 g/mol. The van der Waals surface area contributed by atoms with Crippen molar-refractivity contribution in [1.82, 2.24) is 5.32 Å². The van der Waals surface area contributed by atoms with Crippen LogP contribution < -0.4 is 5.32 Å². The van der Waals surface area contributed by atoms with E-state index >= 15 is 0 Å². The SMILES string of the molecule is CC(C)NC1CC(F)(F)C1.Cl. The molecular formula is C7H14ClF2N. The lowest BCUT2D eigenvalue weighted by Crippen LogP contribution is -2.50. The molecule has 0 atom stereocenters. The molecule has 1 aliphatic carbocycles. The molecule has 1 N–H and O–H groups in total. The minimum absolute atomic E-state index is 0. The highest BCUT2D eigenvalue weighted by Crippen LogP contribution is 2.37. The molecule has 11 heavy (non-hydrogen) atoms. The third-order valence-electron chi connectivity index (χ3n) is 1.66. The summed E-state index contributed by atoms with van der Waals surface area (Å²) in [4.78, 5) is 0. The minimum atomic E-state index is -2.38. The molecule has 0 amide bonds. The Hall–Kier alpha value is 0.110. The topological polar surface area (TPSA) is 12.0 Å². The molecule has 0 aromatic heterocycles. The first-order valence-electron chi connectivity index (χ1n) is 3.63. The van der Waals surface area contributed by atoms with Gasteiger partial charge >= 0.3 is 0 Å². The molecule has 0 aliphatic heterocycles. The first-order valence-corrected chi connectivity index (χ1v) is 3.63. The Morgan fingerprint density at radius 1 is 1.36 bits per heavy atom. The molecule has 1 rings (SSSR count). The lowest BCUT2D eigenvalue weighted by molar-refractivity contribution is -0.0940. The first kappa shape index (κ1) is 11.1. The van der Waals surface area contributed by atoms with Crippen LogP contribution >= 0.6 is 12.4 Å². The molecule has 4 heteroatoms. The van der Waals surface area contributed by atoms with E-state index in [-0.39, 0.29) is 31.3 Å². The van der Waals surface area contributed by atoms with Crippen molar-refractivity contribution in [2.24, 2.45) is 0 Å². The van der Waals surface area contributed by atoms with Gasteiger partial charge in [0.15, 0.2) is 0 Å². The summed E-state index contributed by atoms with van der Waals surface area (Å²) in [7, 11) is 0. The van der Waals surface area contributed by atoms with E-state index in [9.17, 15) is 8.78 Å². The summed E-state index contributed by atoms with van der Waals surface area (Å²) in [5, 5.41) is 3.05. The van der Waals surface area contributed by atoms with Crippen molar-refractivity contribution in [3.63, 3.8) is 0 Å². The van der Waals surface area contributed by atoms with E-state index in [1.165, 1.54) is 0 Å². The molecule has 0 radical (unpaired) electrons. The maximum absolute atomic E-state index is 12.2. The van der Waals surface area contributed by atoms with Gasteiger partial charge in [-0.05, 0) is 0 Å². The molecule has 0 unspecified atom stereocenters. The van der Waals surface area contributed by atoms with Gasteiger partial charge in [0.25, 0.3) is 5.92 Å². The van der Waals surface area contributed by atoms with Crippen molar-refractivity contribution in [3.8, 4) is 0 Å². The van der Waals surface area contributed by atoms with Crippen LogP contribution in [-0.2, 0) is 0 Å². The van der Waals surface area contributed by atoms with E-state index in [1.807, 2.05) is 13.8 Å². The Morgan fingerprint density at radius 3 is 2.09 bits per heavy atom. The zero-order chi connectivity index (χ0) is 7.78. The molecule has 0 aromatic carbocycles. The van der Waals surface area contributed by atoms with E-state index in [0.717, 1.165) is 0 Å². The molecule has 1 saturated carbocycles. The summed E-state index contributed by atoms with van der Waals surface area (Å²) >= 11 is 0. The Kier molecular flexibility index (Phi) is 3.71. The van der Waals surface area contributed by atoms with E-state index in [4.69, 9.17) is 0 Å². The first-order chi connectivity index (χ1) is 4.49. The normalized spacial score (nSPS) is 22.6. The molecule has 0 bridgehead atoms. The van der Waals surface area contributed by atoms with Gasteiger partial charge in [-0.3, -0.25) is 0 Å². The van der Waals surface area contributed by atoms with Crippen LogP contribution in [0.25, 0.3) is 0 Å². The predicted octanol–water partition coefficient (Wildman–Crippen LogP) is 2.20. The number of nitrogens with one attached hydrogen (secondary N) is 1. The van der Waals surface area contributed by atoms with Crippen LogP contribution in [-0.4, -0.2) is 18.0 Å². The average molecular weight is 186 g/mol. The Bertz CT molecular complexity index is 117. The molecule has 1 aliphatic rings. The van der Waals surface area contributed by atoms with Crippen molar-refractivity contribution < 1.29 is 8.78 Å². The number of alkyl halides is 2. The van der Waals surface area contributed by atoms with Gasteiger partial charge in [-0.1, -0.05) is 13.8 Å². The molecule has 0 saturated heterocycles. The largest absolute Gasteiger partial charge is 0.311 e. The number of rotatable bonds is 2. The highest BCUT2D eigenvalue weighted by molar-refractivity contribution is 5.85. The highest BCUT2D eigenvalue weighted by Gasteiger charge is 2.45. The minimum Gasteiger partial charge on any atom is -0.311 e. The zero-order valence-electron chi connectivity index (χ0n) is 6.73. The zero-order valence-corrected chi connectivity index (χ0v) is 7.55. The summed E-state index contributed by atoms with van der Waals surface area (Å²) in [6, 6.07) is 0.371. The Morgan fingerprint density at radius 2 is 1.82 bits per heavy atom. The summed E-state index contributed by atoms with van der Waals surface area (Å²) in [5.41, 5.74) is 0. The molecule has 68 valence electrons. The fourth-order valence-corrected chi connectivity index (χ4v) is 1.25. The fraction of sp³-hybridized carbons (Fsp3) is 1.00. The van der Waals surface area contributed by atoms with E-state index < -0.39 is 5.92 Å². The van der Waals surface area contributed by atoms with Crippen LogP contribution in [0.15, 0.2) is 0 Å². The van der Waals surface area contributed by atoms with Gasteiger partial charge < -0.3 is 5.32 Å². The van der Waals surface area contributed by atoms with Gasteiger partial charge in [-0.15, -0.1) is 12.4 Å². The third-order valence-corrected chi connectivity index (χ3v) is 1.66. The van der Waals surface area contributed by atoms with Crippen LogP contribution in [0.5, 0.6) is 0 Å². The summed E-state index contributed by atoms with van der Waals surface area (Å²) in [6.07, 6.45) is 0.0381. The van der Waals surface area contributed by atoms with E-state index in [0.29, 0.717) is 6.04 Å². The molecule has 0 aromatic rings. The summed E-state index contributed by atoms with van der Waals surface area (Å²) in [6.45, 7) is 3.94.